The van der Waals surface area contributed by atoms with Crippen LogP contribution < -0.4 is 0 Å². The van der Waals surface area contributed by atoms with Gasteiger partial charge in [-0.2, -0.15) is 0 Å². The zero-order valence-corrected chi connectivity index (χ0v) is 26.2. The molecule has 0 spiro atoms. The number of hydrogen-bond donors (Lipinski definition) is 0. The van der Waals surface area contributed by atoms with Crippen molar-refractivity contribution in [3.8, 4) is 0 Å². The van der Waals surface area contributed by atoms with Crippen LogP contribution in [-0.2, 0) is 18.9 Å². The van der Waals surface area contributed by atoms with Gasteiger partial charge >= 0.3 is 39.1 Å². The summed E-state index contributed by atoms with van der Waals surface area (Å²) in [5.74, 6) is 0. The molecular formula is C25H54ClIrOP2. The van der Waals surface area contributed by atoms with E-state index in [-0.39, 0.29) is 3.76 Å². The van der Waals surface area contributed by atoms with Crippen molar-refractivity contribution in [1.29, 1.82) is 0 Å². The summed E-state index contributed by atoms with van der Waals surface area (Å²) < 4.78 is -0.361. The average molecular weight is 660 g/mol. The molecule has 0 saturated carbocycles. The molecule has 186 valence electrons. The Hall–Kier alpha value is 1.47. The van der Waals surface area contributed by atoms with Gasteiger partial charge in [-0.1, -0.05) is 80.1 Å². The van der Waals surface area contributed by atoms with Gasteiger partial charge in [0.1, 0.15) is 0 Å². The Kier molecular flexibility index (Phi) is 39.2. The Bertz CT molecular complexity index is 253. The van der Waals surface area contributed by atoms with Crippen LogP contribution in [0.3, 0.4) is 0 Å². The van der Waals surface area contributed by atoms with Crippen molar-refractivity contribution in [2.45, 2.75) is 119 Å². The van der Waals surface area contributed by atoms with Crippen molar-refractivity contribution in [2.24, 2.45) is 0 Å². The normalized spacial score (nSPS) is 10.5. The van der Waals surface area contributed by atoms with Crippen LogP contribution >= 0.6 is 27.4 Å². The van der Waals surface area contributed by atoms with Crippen molar-refractivity contribution in [3.63, 3.8) is 0 Å². The molecule has 1 nitrogen and oxygen atoms in total. The Morgan fingerprint density at radius 2 is 0.667 bits per heavy atom. The van der Waals surface area contributed by atoms with Crippen molar-refractivity contribution in [1.82, 2.24) is 0 Å². The Balaban J connectivity index is -0.000000412. The minimum absolute atomic E-state index is 0.361. The molecule has 0 aromatic rings. The quantitative estimate of drug-likeness (QED) is 0.106. The number of unbranched alkanes of at least 4 members (excludes halogenated alkanes) is 6. The summed E-state index contributed by atoms with van der Waals surface area (Å²) in [4.78, 5) is 9.21. The number of rotatable bonds is 18. The van der Waals surface area contributed by atoms with Crippen LogP contribution in [0.2, 0.25) is 0 Å². The third-order valence-electron chi connectivity index (χ3n) is 4.97. The molecule has 5 heteroatoms. The molecule has 0 atom stereocenters. The van der Waals surface area contributed by atoms with Crippen LogP contribution in [-0.4, -0.2) is 40.7 Å². The van der Waals surface area contributed by atoms with Gasteiger partial charge in [0.2, 0.25) is 0 Å². The molecule has 0 radical (unpaired) electrons. The van der Waals surface area contributed by atoms with E-state index in [1.54, 1.807) is 37.0 Å². The SMILES string of the molecule is CCCCP(CCCC)CCCC.CCCCP(CCCC)CCCC.O=[C](Cl)[Ir]. The predicted molar refractivity (Wildman–Crippen MR) is 144 cm³/mol. The average Bonchev–Trinajstić information content (AvgIpc) is 2.72. The monoisotopic (exact) mass is 660 g/mol. The van der Waals surface area contributed by atoms with Crippen LogP contribution in [0.15, 0.2) is 0 Å². The minimum atomic E-state index is -0.361. The summed E-state index contributed by atoms with van der Waals surface area (Å²) in [7, 11) is 0.843. The molecule has 0 unspecified atom stereocenters. The first-order valence-corrected chi connectivity index (χ1v) is 18.1. The number of hydrogen-bond acceptors (Lipinski definition) is 1. The molecule has 0 amide bonds. The molecule has 0 aliphatic rings. The predicted octanol–water partition coefficient (Wildman–Crippen LogP) is 10.6. The molecule has 0 N–H and O–H groups in total. The second-order valence-electron chi connectivity index (χ2n) is 8.01. The number of halogens is 1. The molecule has 0 aromatic heterocycles. The number of carbonyl (C=O) groups is 1. The topological polar surface area (TPSA) is 17.1 Å². The maximum absolute atomic E-state index is 9.21. The van der Waals surface area contributed by atoms with E-state index in [0.717, 1.165) is 0 Å². The van der Waals surface area contributed by atoms with Crippen LogP contribution in [0.1, 0.15) is 119 Å². The Morgan fingerprint density at radius 1 is 0.533 bits per heavy atom. The van der Waals surface area contributed by atoms with Crippen LogP contribution in [0, 0.1) is 0 Å². The molecule has 0 aliphatic carbocycles. The van der Waals surface area contributed by atoms with Crippen molar-refractivity contribution in [2.75, 3.05) is 37.0 Å². The Morgan fingerprint density at radius 3 is 0.767 bits per heavy atom. The number of carbonyl (C=O) groups excluding carboxylic acids is 1. The van der Waals surface area contributed by atoms with Crippen molar-refractivity contribution < 1.29 is 23.7 Å². The molecular weight excluding hydrogens is 606 g/mol. The molecule has 0 bridgehead atoms. The van der Waals surface area contributed by atoms with E-state index in [0.29, 0.717) is 15.8 Å². The molecule has 0 rings (SSSR count). The summed E-state index contributed by atoms with van der Waals surface area (Å²) in [6, 6.07) is 0. The zero-order valence-electron chi connectivity index (χ0n) is 21.2. The first-order chi connectivity index (χ1) is 14.4. The van der Waals surface area contributed by atoms with E-state index < -0.39 is 0 Å². The van der Waals surface area contributed by atoms with Crippen LogP contribution in [0.4, 0.5) is 4.79 Å². The molecule has 0 aromatic carbocycles. The molecule has 30 heavy (non-hydrogen) atoms. The van der Waals surface area contributed by atoms with Crippen molar-refractivity contribution >= 4 is 31.2 Å². The summed E-state index contributed by atoms with van der Waals surface area (Å²) in [6.45, 7) is 13.9. The Labute approximate surface area is 209 Å². The second-order valence-corrected chi connectivity index (χ2v) is 15.5. The van der Waals surface area contributed by atoms with Crippen LogP contribution in [0.25, 0.3) is 0 Å². The van der Waals surface area contributed by atoms with E-state index in [9.17, 15) is 4.79 Å². The fourth-order valence-electron chi connectivity index (χ4n) is 2.96. The van der Waals surface area contributed by atoms with Gasteiger partial charge in [-0.25, -0.2) is 0 Å². The first-order valence-electron chi connectivity index (χ1n) is 12.7. The molecule has 0 saturated heterocycles. The van der Waals surface area contributed by atoms with E-state index in [4.69, 9.17) is 0 Å². The summed E-state index contributed by atoms with van der Waals surface area (Å²) in [5, 5.41) is 0. The second kappa shape index (κ2) is 32.6. The summed E-state index contributed by atoms with van der Waals surface area (Å²) >= 11 is 5.93. The summed E-state index contributed by atoms with van der Waals surface area (Å²) in [6.07, 6.45) is 26.4. The maximum atomic E-state index is 9.21. The fourth-order valence-corrected chi connectivity index (χ4v) is 8.88. The third kappa shape index (κ3) is 36.8. The van der Waals surface area contributed by atoms with Gasteiger partial charge in [-0.3, -0.25) is 0 Å². The van der Waals surface area contributed by atoms with Gasteiger partial charge < -0.3 is 0 Å². The standard InChI is InChI=1S/2C12H27P.CClO.Ir/c2*1-4-7-10-13(11-8-5-2)12-9-6-3;2-1-3;/h2*4-12H2,1-3H3;;. The molecule has 0 aliphatic heterocycles. The van der Waals surface area contributed by atoms with E-state index in [2.05, 4.69) is 53.1 Å². The van der Waals surface area contributed by atoms with Crippen LogP contribution in [0.5, 0.6) is 0 Å². The first kappa shape index (κ1) is 36.0. The van der Waals surface area contributed by atoms with Crippen molar-refractivity contribution in [3.05, 3.63) is 0 Å². The zero-order chi connectivity index (χ0) is 23.5. The van der Waals surface area contributed by atoms with Gasteiger partial charge in [-0.15, -0.1) is 15.8 Å². The van der Waals surface area contributed by atoms with E-state index in [1.807, 2.05) is 0 Å². The molecule has 0 heterocycles. The summed E-state index contributed by atoms with van der Waals surface area (Å²) in [5.41, 5.74) is 0. The van der Waals surface area contributed by atoms with E-state index >= 15 is 0 Å². The van der Waals surface area contributed by atoms with Gasteiger partial charge in [0.05, 0.1) is 0 Å². The van der Waals surface area contributed by atoms with Gasteiger partial charge in [0.15, 0.2) is 0 Å². The third-order valence-corrected chi connectivity index (χ3v) is 10.7. The van der Waals surface area contributed by atoms with Gasteiger partial charge in [0, 0.05) is 0 Å². The molecule has 0 fully saturated rings. The van der Waals surface area contributed by atoms with Gasteiger partial charge in [-0.05, 0) is 75.5 Å². The van der Waals surface area contributed by atoms with E-state index in [1.165, 1.54) is 95.9 Å². The fraction of sp³-hybridized carbons (Fsp3) is 0.960. The van der Waals surface area contributed by atoms with Gasteiger partial charge in [0.25, 0.3) is 0 Å².